The Morgan fingerprint density at radius 3 is 3.07 bits per heavy atom. The van der Waals surface area contributed by atoms with Gasteiger partial charge in [-0.1, -0.05) is 5.16 Å². The van der Waals surface area contributed by atoms with Crippen molar-refractivity contribution in [1.29, 1.82) is 0 Å². The first-order valence-electron chi connectivity index (χ1n) is 4.80. The number of rotatable bonds is 4. The van der Waals surface area contributed by atoms with Crippen LogP contribution in [-0.2, 0) is 6.54 Å². The van der Waals surface area contributed by atoms with E-state index in [-0.39, 0.29) is 0 Å². The van der Waals surface area contributed by atoms with Crippen LogP contribution in [0.4, 0.5) is 0 Å². The highest BCUT2D eigenvalue weighted by Gasteiger charge is 2.07. The summed E-state index contributed by atoms with van der Waals surface area (Å²) in [6.45, 7) is 4.54. The first-order chi connectivity index (χ1) is 7.25. The topological polar surface area (TPSA) is 51.0 Å². The van der Waals surface area contributed by atoms with Crippen molar-refractivity contribution < 1.29 is 4.52 Å². The molecule has 0 fully saturated rings. The molecule has 15 heavy (non-hydrogen) atoms. The van der Waals surface area contributed by atoms with Gasteiger partial charge in [-0.2, -0.15) is 16.3 Å². The van der Waals surface area contributed by atoms with Crippen molar-refractivity contribution in [2.24, 2.45) is 0 Å². The van der Waals surface area contributed by atoms with Crippen LogP contribution in [0.1, 0.15) is 30.2 Å². The maximum atomic E-state index is 5.01. The minimum Gasteiger partial charge on any atom is -0.338 e. The summed E-state index contributed by atoms with van der Waals surface area (Å²) in [6, 6.07) is 2.42. The Morgan fingerprint density at radius 1 is 1.60 bits per heavy atom. The van der Waals surface area contributed by atoms with Crippen molar-refractivity contribution in [2.45, 2.75) is 26.4 Å². The van der Waals surface area contributed by atoms with Crippen molar-refractivity contribution in [3.05, 3.63) is 34.1 Å². The summed E-state index contributed by atoms with van der Waals surface area (Å²) in [6.07, 6.45) is 0. The molecule has 0 radical (unpaired) electrons. The Labute approximate surface area is 92.3 Å². The molecule has 80 valence electrons. The van der Waals surface area contributed by atoms with Gasteiger partial charge in [0.2, 0.25) is 5.89 Å². The lowest BCUT2D eigenvalue weighted by atomic mass is 10.2. The Balaban J connectivity index is 1.88. The fourth-order valence-electron chi connectivity index (χ4n) is 1.29. The van der Waals surface area contributed by atoms with E-state index in [0.717, 1.165) is 0 Å². The fourth-order valence-corrected chi connectivity index (χ4v) is 2.05. The van der Waals surface area contributed by atoms with Crippen molar-refractivity contribution in [3.63, 3.8) is 0 Å². The molecule has 2 heterocycles. The third kappa shape index (κ3) is 2.64. The van der Waals surface area contributed by atoms with E-state index >= 15 is 0 Å². The first-order valence-corrected chi connectivity index (χ1v) is 5.74. The average molecular weight is 223 g/mol. The fraction of sp³-hybridized carbons (Fsp3) is 0.400. The smallest absolute Gasteiger partial charge is 0.240 e. The summed E-state index contributed by atoms with van der Waals surface area (Å²) < 4.78 is 5.01. The van der Waals surface area contributed by atoms with E-state index in [1.165, 1.54) is 5.56 Å². The van der Waals surface area contributed by atoms with Gasteiger partial charge in [0.1, 0.15) is 0 Å². The van der Waals surface area contributed by atoms with Gasteiger partial charge in [0.05, 0.1) is 6.54 Å². The molecule has 0 bridgehead atoms. The van der Waals surface area contributed by atoms with Gasteiger partial charge in [0, 0.05) is 6.04 Å². The maximum Gasteiger partial charge on any atom is 0.240 e. The third-order valence-corrected chi connectivity index (χ3v) is 2.87. The first kappa shape index (κ1) is 10.3. The average Bonchev–Trinajstić information content (AvgIpc) is 2.84. The molecule has 1 N–H and O–H groups in total. The molecule has 4 nitrogen and oxygen atoms in total. The molecular formula is C10H13N3OS. The van der Waals surface area contributed by atoms with Crippen LogP contribution in [0.5, 0.6) is 0 Å². The lowest BCUT2D eigenvalue weighted by molar-refractivity contribution is 0.357. The SMILES string of the molecule is Cc1noc(CNC(C)c2ccsc2)n1. The zero-order chi connectivity index (χ0) is 10.7. The van der Waals surface area contributed by atoms with Crippen LogP contribution in [0, 0.1) is 6.92 Å². The highest BCUT2D eigenvalue weighted by molar-refractivity contribution is 7.07. The number of hydrogen-bond donors (Lipinski definition) is 1. The number of thiophene rings is 1. The van der Waals surface area contributed by atoms with Gasteiger partial charge in [-0.05, 0) is 36.2 Å². The van der Waals surface area contributed by atoms with Crippen LogP contribution >= 0.6 is 11.3 Å². The van der Waals surface area contributed by atoms with Crippen LogP contribution < -0.4 is 5.32 Å². The van der Waals surface area contributed by atoms with Crippen LogP contribution in [0.2, 0.25) is 0 Å². The zero-order valence-electron chi connectivity index (χ0n) is 8.73. The molecule has 0 amide bonds. The summed E-state index contributed by atoms with van der Waals surface area (Å²) >= 11 is 1.70. The van der Waals surface area contributed by atoms with E-state index in [1.54, 1.807) is 11.3 Å². The van der Waals surface area contributed by atoms with Gasteiger partial charge in [-0.25, -0.2) is 0 Å². The number of aromatic nitrogens is 2. The highest BCUT2D eigenvalue weighted by Crippen LogP contribution is 2.15. The van der Waals surface area contributed by atoms with E-state index in [1.807, 2.05) is 6.92 Å². The standard InChI is InChI=1S/C10H13N3OS/c1-7(9-3-4-15-6-9)11-5-10-12-8(2)13-14-10/h3-4,6-7,11H,5H2,1-2H3. The van der Waals surface area contributed by atoms with Crippen molar-refractivity contribution in [2.75, 3.05) is 0 Å². The summed E-state index contributed by atoms with van der Waals surface area (Å²) in [7, 11) is 0. The van der Waals surface area contributed by atoms with E-state index in [2.05, 4.69) is 39.2 Å². The molecule has 1 unspecified atom stereocenters. The summed E-state index contributed by atoms with van der Waals surface area (Å²) in [4.78, 5) is 4.13. The third-order valence-electron chi connectivity index (χ3n) is 2.17. The van der Waals surface area contributed by atoms with Crippen LogP contribution in [-0.4, -0.2) is 10.1 Å². The van der Waals surface area contributed by atoms with Gasteiger partial charge >= 0.3 is 0 Å². The van der Waals surface area contributed by atoms with Gasteiger partial charge < -0.3 is 9.84 Å². The minimum atomic E-state index is 0.309. The lowest BCUT2D eigenvalue weighted by Gasteiger charge is -2.09. The summed E-state index contributed by atoms with van der Waals surface area (Å²) in [5.74, 6) is 1.31. The molecule has 0 aliphatic rings. The molecule has 5 heteroatoms. The molecule has 2 aromatic rings. The highest BCUT2D eigenvalue weighted by atomic mass is 32.1. The molecule has 0 aromatic carbocycles. The van der Waals surface area contributed by atoms with Gasteiger partial charge in [0.15, 0.2) is 5.82 Å². The number of aryl methyl sites for hydroxylation is 1. The molecule has 0 saturated heterocycles. The van der Waals surface area contributed by atoms with Gasteiger partial charge in [-0.15, -0.1) is 0 Å². The normalized spacial score (nSPS) is 12.9. The van der Waals surface area contributed by atoms with Gasteiger partial charge in [0.25, 0.3) is 0 Å². The largest absolute Gasteiger partial charge is 0.338 e. The van der Waals surface area contributed by atoms with Gasteiger partial charge in [-0.3, -0.25) is 0 Å². The predicted octanol–water partition coefficient (Wildman–Crippen LogP) is 2.29. The second-order valence-corrected chi connectivity index (χ2v) is 4.17. The van der Waals surface area contributed by atoms with Crippen molar-refractivity contribution in [3.8, 4) is 0 Å². The quantitative estimate of drug-likeness (QED) is 0.864. The molecule has 0 aliphatic heterocycles. The van der Waals surface area contributed by atoms with E-state index in [9.17, 15) is 0 Å². The number of nitrogens with one attached hydrogen (secondary N) is 1. The molecule has 0 spiro atoms. The predicted molar refractivity (Wildman–Crippen MR) is 58.6 cm³/mol. The molecular weight excluding hydrogens is 210 g/mol. The second kappa shape index (κ2) is 4.55. The number of hydrogen-bond acceptors (Lipinski definition) is 5. The van der Waals surface area contributed by atoms with Crippen LogP contribution in [0.25, 0.3) is 0 Å². The Kier molecular flexibility index (Phi) is 3.13. The zero-order valence-corrected chi connectivity index (χ0v) is 9.54. The molecule has 2 rings (SSSR count). The molecule has 0 saturated carbocycles. The van der Waals surface area contributed by atoms with E-state index in [0.29, 0.717) is 24.3 Å². The lowest BCUT2D eigenvalue weighted by Crippen LogP contribution is -2.17. The van der Waals surface area contributed by atoms with Crippen LogP contribution in [0.3, 0.4) is 0 Å². The monoisotopic (exact) mass is 223 g/mol. The Morgan fingerprint density at radius 2 is 2.47 bits per heavy atom. The Hall–Kier alpha value is -1.20. The number of nitrogens with zero attached hydrogens (tertiary/aromatic N) is 2. The molecule has 0 aliphatic carbocycles. The maximum absolute atomic E-state index is 5.01. The van der Waals surface area contributed by atoms with Crippen LogP contribution in [0.15, 0.2) is 21.3 Å². The van der Waals surface area contributed by atoms with Crippen molar-refractivity contribution >= 4 is 11.3 Å². The summed E-state index contributed by atoms with van der Waals surface area (Å²) in [5.41, 5.74) is 1.29. The molecule has 2 aromatic heterocycles. The summed E-state index contributed by atoms with van der Waals surface area (Å²) in [5, 5.41) is 11.3. The Bertz CT molecular complexity index is 410. The van der Waals surface area contributed by atoms with E-state index in [4.69, 9.17) is 4.52 Å². The molecule has 1 atom stereocenters. The van der Waals surface area contributed by atoms with Crippen molar-refractivity contribution in [1.82, 2.24) is 15.5 Å². The second-order valence-electron chi connectivity index (χ2n) is 3.39. The minimum absolute atomic E-state index is 0.309. The van der Waals surface area contributed by atoms with E-state index < -0.39 is 0 Å².